The molecule has 0 N–H and O–H groups in total. The number of rotatable bonds is 5. The summed E-state index contributed by atoms with van der Waals surface area (Å²) in [6.07, 6.45) is 4.14. The van der Waals surface area contributed by atoms with E-state index >= 15 is 0 Å². The maximum Gasteiger partial charge on any atom is 0.246 e. The van der Waals surface area contributed by atoms with Crippen LogP contribution in [0.2, 0.25) is 0 Å². The lowest BCUT2D eigenvalue weighted by molar-refractivity contribution is -0.127. The fraction of sp³-hybridized carbons (Fsp3) is 0.273. The highest BCUT2D eigenvalue weighted by molar-refractivity contribution is 5.98. The summed E-state index contributed by atoms with van der Waals surface area (Å²) in [5.74, 6) is 0.220. The second-order valence-corrected chi connectivity index (χ2v) is 6.55. The highest BCUT2D eigenvalue weighted by atomic mass is 19.1. The van der Waals surface area contributed by atoms with Gasteiger partial charge in [-0.2, -0.15) is 0 Å². The molecule has 1 amide bonds. The fourth-order valence-corrected chi connectivity index (χ4v) is 3.23. The van der Waals surface area contributed by atoms with E-state index in [1.807, 2.05) is 0 Å². The molecule has 27 heavy (non-hydrogen) atoms. The van der Waals surface area contributed by atoms with Crippen LogP contribution in [0.3, 0.4) is 0 Å². The van der Waals surface area contributed by atoms with Gasteiger partial charge in [0.2, 0.25) is 5.91 Å². The smallest absolute Gasteiger partial charge is 0.246 e. The molecule has 140 valence electrons. The maximum atomic E-state index is 13.6. The number of hydrogen-bond donors (Lipinski definition) is 0. The summed E-state index contributed by atoms with van der Waals surface area (Å²) in [7, 11) is 1.59. The number of benzene rings is 2. The first-order valence-electron chi connectivity index (χ1n) is 8.98. The molecule has 1 aliphatic heterocycles. The van der Waals surface area contributed by atoms with E-state index in [-0.39, 0.29) is 23.4 Å². The van der Waals surface area contributed by atoms with E-state index in [0.29, 0.717) is 42.8 Å². The van der Waals surface area contributed by atoms with Gasteiger partial charge in [0.05, 0.1) is 7.11 Å². The summed E-state index contributed by atoms with van der Waals surface area (Å²) in [4.78, 5) is 26.6. The van der Waals surface area contributed by atoms with Crippen LogP contribution in [0.25, 0.3) is 6.08 Å². The normalized spacial score (nSPS) is 15.1. The Balaban J connectivity index is 1.55. The van der Waals surface area contributed by atoms with Gasteiger partial charge in [-0.1, -0.05) is 18.2 Å². The largest absolute Gasteiger partial charge is 0.497 e. The van der Waals surface area contributed by atoms with Crippen LogP contribution in [0, 0.1) is 11.7 Å². The van der Waals surface area contributed by atoms with Crippen molar-refractivity contribution in [2.24, 2.45) is 5.92 Å². The van der Waals surface area contributed by atoms with E-state index in [1.165, 1.54) is 18.2 Å². The third-order valence-electron chi connectivity index (χ3n) is 4.86. The number of hydrogen-bond acceptors (Lipinski definition) is 3. The molecule has 1 aliphatic rings. The van der Waals surface area contributed by atoms with Crippen LogP contribution in [0.5, 0.6) is 5.75 Å². The van der Waals surface area contributed by atoms with E-state index in [4.69, 9.17) is 4.74 Å². The number of halogens is 1. The number of ketones is 1. The maximum absolute atomic E-state index is 13.6. The molecule has 2 aromatic carbocycles. The molecule has 1 saturated heterocycles. The predicted octanol–water partition coefficient (Wildman–Crippen LogP) is 3.97. The van der Waals surface area contributed by atoms with E-state index in [0.717, 1.165) is 0 Å². The Morgan fingerprint density at radius 2 is 1.74 bits per heavy atom. The lowest BCUT2D eigenvalue weighted by Gasteiger charge is -2.30. The minimum atomic E-state index is -0.356. The molecule has 0 bridgehead atoms. The van der Waals surface area contributed by atoms with Gasteiger partial charge in [-0.25, -0.2) is 4.39 Å². The molecular weight excluding hydrogens is 345 g/mol. The van der Waals surface area contributed by atoms with Gasteiger partial charge in [-0.05, 0) is 49.2 Å². The van der Waals surface area contributed by atoms with E-state index in [1.54, 1.807) is 54.5 Å². The van der Waals surface area contributed by atoms with Crippen molar-refractivity contribution >= 4 is 17.8 Å². The average Bonchev–Trinajstić information content (AvgIpc) is 2.72. The van der Waals surface area contributed by atoms with Crippen LogP contribution in [0.15, 0.2) is 54.6 Å². The number of nitrogens with zero attached hydrogens (tertiary/aromatic N) is 1. The molecule has 5 heteroatoms. The molecule has 0 radical (unpaired) electrons. The number of carbonyl (C=O) groups excluding carboxylic acids is 2. The van der Waals surface area contributed by atoms with Crippen LogP contribution in [-0.2, 0) is 4.79 Å². The van der Waals surface area contributed by atoms with Gasteiger partial charge < -0.3 is 9.64 Å². The van der Waals surface area contributed by atoms with Crippen molar-refractivity contribution < 1.29 is 18.7 Å². The molecule has 1 fully saturated rings. The zero-order valence-corrected chi connectivity index (χ0v) is 15.2. The van der Waals surface area contributed by atoms with Crippen LogP contribution in [0.1, 0.15) is 28.8 Å². The van der Waals surface area contributed by atoms with Crippen molar-refractivity contribution in [1.82, 2.24) is 4.90 Å². The second-order valence-electron chi connectivity index (χ2n) is 6.55. The summed E-state index contributed by atoms with van der Waals surface area (Å²) in [6.45, 7) is 1.04. The highest BCUT2D eigenvalue weighted by Crippen LogP contribution is 2.23. The van der Waals surface area contributed by atoms with E-state index < -0.39 is 0 Å². The summed E-state index contributed by atoms with van der Waals surface area (Å²) >= 11 is 0. The van der Waals surface area contributed by atoms with E-state index in [9.17, 15) is 14.0 Å². The fourth-order valence-electron chi connectivity index (χ4n) is 3.23. The molecule has 0 spiro atoms. The van der Waals surface area contributed by atoms with Crippen molar-refractivity contribution in [2.45, 2.75) is 12.8 Å². The lowest BCUT2D eigenvalue weighted by atomic mass is 9.89. The molecule has 0 atom stereocenters. The minimum Gasteiger partial charge on any atom is -0.497 e. The Hall–Kier alpha value is -2.95. The van der Waals surface area contributed by atoms with Crippen LogP contribution in [-0.4, -0.2) is 36.8 Å². The summed E-state index contributed by atoms with van der Waals surface area (Å²) < 4.78 is 18.7. The van der Waals surface area contributed by atoms with Crippen LogP contribution >= 0.6 is 0 Å². The first kappa shape index (κ1) is 18.8. The first-order valence-corrected chi connectivity index (χ1v) is 8.98. The zero-order chi connectivity index (χ0) is 19.2. The molecule has 0 aliphatic carbocycles. The number of methoxy groups -OCH3 is 1. The minimum absolute atomic E-state index is 0.0852. The lowest BCUT2D eigenvalue weighted by Crippen LogP contribution is -2.39. The van der Waals surface area contributed by atoms with Crippen LogP contribution < -0.4 is 4.74 Å². The standard InChI is InChI=1S/C22H22FNO3/c1-27-19-9-6-17(7-10-19)22(26)18-12-14-24(15-13-18)21(25)11-8-16-4-2-3-5-20(16)23/h2-11,18H,12-15H2,1H3/b11-8+. The van der Waals surface area contributed by atoms with Gasteiger partial charge in [0, 0.05) is 36.2 Å². The quantitative estimate of drug-likeness (QED) is 0.593. The topological polar surface area (TPSA) is 46.6 Å². The second kappa shape index (κ2) is 8.62. The van der Waals surface area contributed by atoms with Gasteiger partial charge >= 0.3 is 0 Å². The van der Waals surface area contributed by atoms with Crippen molar-refractivity contribution in [3.63, 3.8) is 0 Å². The predicted molar refractivity (Wildman–Crippen MR) is 102 cm³/mol. The molecule has 3 rings (SSSR count). The van der Waals surface area contributed by atoms with Crippen molar-refractivity contribution in [3.05, 3.63) is 71.6 Å². The third kappa shape index (κ3) is 4.61. The number of carbonyl (C=O) groups is 2. The Bertz CT molecular complexity index is 837. The average molecular weight is 367 g/mol. The third-order valence-corrected chi connectivity index (χ3v) is 4.86. The van der Waals surface area contributed by atoms with Gasteiger partial charge in [-0.15, -0.1) is 0 Å². The molecule has 0 unspecified atom stereocenters. The molecule has 1 heterocycles. The highest BCUT2D eigenvalue weighted by Gasteiger charge is 2.27. The monoisotopic (exact) mass is 367 g/mol. The van der Waals surface area contributed by atoms with Gasteiger partial charge in [0.25, 0.3) is 0 Å². The zero-order valence-electron chi connectivity index (χ0n) is 15.2. The molecule has 0 saturated carbocycles. The summed E-state index contributed by atoms with van der Waals surface area (Å²) in [5, 5.41) is 0. The number of Topliss-reactive ketones (excluding diaryl/α,β-unsaturated/α-hetero) is 1. The summed E-state index contributed by atoms with van der Waals surface area (Å²) in [6, 6.07) is 13.4. The Labute approximate surface area is 158 Å². The van der Waals surface area contributed by atoms with Gasteiger partial charge in [-0.3, -0.25) is 9.59 Å². The molecule has 4 nitrogen and oxygen atoms in total. The van der Waals surface area contributed by atoms with Crippen molar-refractivity contribution in [3.8, 4) is 5.75 Å². The first-order chi connectivity index (χ1) is 13.1. The molecule has 0 aromatic heterocycles. The number of likely N-dealkylation sites (tertiary alicyclic amines) is 1. The van der Waals surface area contributed by atoms with Crippen molar-refractivity contribution in [1.29, 1.82) is 0 Å². The Morgan fingerprint density at radius 3 is 2.37 bits per heavy atom. The Morgan fingerprint density at radius 1 is 1.07 bits per heavy atom. The SMILES string of the molecule is COc1ccc(C(=O)C2CCN(C(=O)/C=C/c3ccccc3F)CC2)cc1. The number of amides is 1. The van der Waals surface area contributed by atoms with Crippen LogP contribution in [0.4, 0.5) is 4.39 Å². The Kier molecular flexibility index (Phi) is 6.01. The number of piperidine rings is 1. The molecule has 2 aromatic rings. The summed E-state index contributed by atoms with van der Waals surface area (Å²) in [5.41, 5.74) is 1.05. The van der Waals surface area contributed by atoms with Gasteiger partial charge in [0.1, 0.15) is 11.6 Å². The van der Waals surface area contributed by atoms with Crippen molar-refractivity contribution in [2.75, 3.05) is 20.2 Å². The number of ether oxygens (including phenoxy) is 1. The molecular formula is C22H22FNO3. The van der Waals surface area contributed by atoms with Gasteiger partial charge in [0.15, 0.2) is 5.78 Å². The van der Waals surface area contributed by atoms with E-state index in [2.05, 4.69) is 0 Å².